The van der Waals surface area contributed by atoms with Gasteiger partial charge in [-0.2, -0.15) is 19.2 Å². The van der Waals surface area contributed by atoms with Crippen LogP contribution in [0.1, 0.15) is 166 Å². The molecule has 4 aromatic heterocycles. The standard InChI is InChI=1S/C24H40N4O2.C22H28N4O3.C19H19N3O5S/c1-6-7-8-9-10-11-12-13-14-15-16-17-21(29)30-18-24(4,5)23-26-25-22-19(2)20(3)27-28(22)23;1-8-17(29-18-10-9-13(2)11-14(18)3)20(27)28-12-22(6,7)21-24-23-19-15(4)16(5)25-26(19)21;1-13-14(2)18(23)22(19(24)17(13)20-3)12-27-16-6-4-15(5-7-16)21-8-10-28(25,26)11-9-21/h2,6-18H2,1,3-5H3;9-11,17H,4,8,12H2,1-3,5-7H3;4-7H,2,8-12H2,1H3. The SMILES string of the molecule is C=c1c(C)nn2c(C(C)(C)COC(=O)C(CC)Oc3ccc(C)cc3C)nnc12.C=c1c(C)nn2c(C(C)(C)COC(=O)CCCCCCCCCCCCC)nnc12.[C-]#[N+]C1=C(C)C(=C)C(=O)N(COc2ccc(N3CCS(=O)(=O)CC3)cc2)C1=O. The number of ether oxygens (including phenoxy) is 4. The van der Waals surface area contributed by atoms with Crippen molar-refractivity contribution >= 4 is 63.7 Å². The third-order valence-electron chi connectivity index (χ3n) is 15.6. The van der Waals surface area contributed by atoms with Crippen LogP contribution in [-0.2, 0) is 49.3 Å². The van der Waals surface area contributed by atoms with Crippen LogP contribution in [0.25, 0.3) is 29.3 Å². The van der Waals surface area contributed by atoms with Crippen molar-refractivity contribution in [3.05, 3.63) is 122 Å². The molecular weight excluding hydrogens is 1130 g/mol. The van der Waals surface area contributed by atoms with Crippen molar-refractivity contribution in [1.29, 1.82) is 0 Å². The van der Waals surface area contributed by atoms with Gasteiger partial charge in [0, 0.05) is 41.2 Å². The maximum absolute atomic E-state index is 12.7. The zero-order chi connectivity index (χ0) is 63.8. The Balaban J connectivity index is 0.000000209. The predicted octanol–water partition coefficient (Wildman–Crippen LogP) is 9.32. The summed E-state index contributed by atoms with van der Waals surface area (Å²) in [4.78, 5) is 55.4. The molecule has 1 fully saturated rings. The maximum Gasteiger partial charge on any atom is 0.347 e. The van der Waals surface area contributed by atoms with Crippen LogP contribution in [0, 0.1) is 34.3 Å². The van der Waals surface area contributed by atoms with E-state index in [1.54, 1.807) is 33.3 Å². The summed E-state index contributed by atoms with van der Waals surface area (Å²) in [5.41, 5.74) is 5.15. The van der Waals surface area contributed by atoms with E-state index in [0.29, 0.717) is 60.4 Å². The molecule has 2 aliphatic heterocycles. The molecule has 0 aliphatic carbocycles. The number of esters is 2. The number of benzene rings is 2. The number of hydrogen-bond acceptors (Lipinski definition) is 17. The number of imide groups is 1. The Labute approximate surface area is 512 Å². The van der Waals surface area contributed by atoms with Gasteiger partial charge in [-0.05, 0) is 117 Å². The van der Waals surface area contributed by atoms with Crippen molar-refractivity contribution < 1.29 is 46.5 Å². The Morgan fingerprint density at radius 1 is 0.701 bits per heavy atom. The van der Waals surface area contributed by atoms with Gasteiger partial charge in [0.2, 0.25) is 0 Å². The fraction of sp³-hybridized carbons (Fsp3) is 0.523. The van der Waals surface area contributed by atoms with Crippen LogP contribution >= 0.6 is 0 Å². The molecule has 0 radical (unpaired) electrons. The quantitative estimate of drug-likeness (QED) is 0.0162. The molecule has 0 bridgehead atoms. The summed E-state index contributed by atoms with van der Waals surface area (Å²) < 4.78 is 49.1. The second kappa shape index (κ2) is 30.5. The number of aryl methyl sites for hydroxylation is 4. The number of anilines is 1. The number of unbranched alkanes of at least 4 members (excludes halogenated alkanes) is 10. The number of sulfone groups is 1. The van der Waals surface area contributed by atoms with E-state index in [4.69, 9.17) is 25.5 Å². The van der Waals surface area contributed by atoms with E-state index in [0.717, 1.165) is 56.4 Å². The van der Waals surface area contributed by atoms with Gasteiger partial charge in [-0.25, -0.2) is 23.0 Å². The smallest absolute Gasteiger partial charge is 0.347 e. The molecule has 22 heteroatoms. The Bertz CT molecular complexity index is 3680. The lowest BCUT2D eigenvalue weighted by atomic mass is 9.94. The van der Waals surface area contributed by atoms with Crippen molar-refractivity contribution in [2.75, 3.05) is 49.4 Å². The van der Waals surface area contributed by atoms with Gasteiger partial charge >= 0.3 is 11.9 Å². The molecule has 21 nitrogen and oxygen atoms in total. The van der Waals surface area contributed by atoms with Crippen LogP contribution in [-0.4, -0.2) is 127 Å². The Morgan fingerprint density at radius 2 is 1.22 bits per heavy atom. The van der Waals surface area contributed by atoms with Gasteiger partial charge < -0.3 is 23.8 Å². The number of carbonyl (C=O) groups is 4. The summed E-state index contributed by atoms with van der Waals surface area (Å²) >= 11 is 0. The van der Waals surface area contributed by atoms with E-state index >= 15 is 0 Å². The van der Waals surface area contributed by atoms with Crippen LogP contribution in [0.4, 0.5) is 5.69 Å². The van der Waals surface area contributed by atoms with Crippen LogP contribution in [0.15, 0.2) is 65.9 Å². The van der Waals surface area contributed by atoms with Gasteiger partial charge in [0.1, 0.15) is 24.7 Å². The van der Waals surface area contributed by atoms with Gasteiger partial charge in [0.15, 0.2) is 45.6 Å². The highest BCUT2D eigenvalue weighted by Crippen LogP contribution is 2.28. The molecule has 1 atom stereocenters. The van der Waals surface area contributed by atoms with E-state index in [-0.39, 0.29) is 54.3 Å². The first kappa shape index (κ1) is 68.1. The molecule has 0 N–H and O–H groups in total. The second-order valence-electron chi connectivity index (χ2n) is 23.8. The lowest BCUT2D eigenvalue weighted by Gasteiger charge is -2.29. The van der Waals surface area contributed by atoms with E-state index in [9.17, 15) is 27.6 Å². The van der Waals surface area contributed by atoms with Crippen LogP contribution in [0.2, 0.25) is 0 Å². The van der Waals surface area contributed by atoms with E-state index in [1.165, 1.54) is 64.7 Å². The monoisotopic (exact) mass is 1210 g/mol. The average Bonchev–Trinajstić information content (AvgIpc) is 1.82. The van der Waals surface area contributed by atoms with E-state index in [1.807, 2.05) is 85.4 Å². The lowest BCUT2D eigenvalue weighted by molar-refractivity contribution is -0.154. The normalized spacial score (nSPS) is 14.8. The number of nitrogens with zero attached hydrogens (tertiary/aromatic N) is 11. The maximum atomic E-state index is 12.7. The van der Waals surface area contributed by atoms with Crippen LogP contribution in [0.3, 0.4) is 0 Å². The lowest BCUT2D eigenvalue weighted by Crippen LogP contribution is -2.44. The van der Waals surface area contributed by atoms with Crippen LogP contribution < -0.4 is 24.8 Å². The molecule has 6 aromatic rings. The van der Waals surface area contributed by atoms with Crippen molar-refractivity contribution in [1.82, 2.24) is 44.5 Å². The van der Waals surface area contributed by atoms with E-state index in [2.05, 4.69) is 62.1 Å². The van der Waals surface area contributed by atoms with Crippen LogP contribution in [0.5, 0.6) is 11.5 Å². The van der Waals surface area contributed by atoms with Crippen molar-refractivity contribution in [3.8, 4) is 11.5 Å². The molecule has 8 rings (SSSR count). The minimum Gasteiger partial charge on any atom is -0.478 e. The number of carbonyl (C=O) groups excluding carboxylic acids is 4. The number of fused-ring (bicyclic) bond motifs is 2. The second-order valence-corrected chi connectivity index (χ2v) is 26.1. The molecular formula is C65H87N11O10S. The Kier molecular flexibility index (Phi) is 23.9. The summed E-state index contributed by atoms with van der Waals surface area (Å²) in [6, 6.07) is 12.8. The third kappa shape index (κ3) is 17.8. The molecule has 2 aromatic carbocycles. The average molecular weight is 1210 g/mol. The molecule has 6 heterocycles. The number of amides is 2. The summed E-state index contributed by atoms with van der Waals surface area (Å²) in [6.07, 6.45) is 14.3. The molecule has 2 amide bonds. The van der Waals surface area contributed by atoms with Gasteiger partial charge in [-0.1, -0.05) is 115 Å². The number of hydrogen-bond donors (Lipinski definition) is 0. The fourth-order valence-corrected chi connectivity index (χ4v) is 11.0. The molecule has 87 heavy (non-hydrogen) atoms. The molecule has 1 saturated heterocycles. The van der Waals surface area contributed by atoms with Crippen molar-refractivity contribution in [3.63, 3.8) is 0 Å². The minimum atomic E-state index is -2.95. The first-order valence-corrected chi connectivity index (χ1v) is 31.9. The highest BCUT2D eigenvalue weighted by molar-refractivity contribution is 7.91. The predicted molar refractivity (Wildman–Crippen MR) is 335 cm³/mol. The molecule has 0 saturated carbocycles. The number of rotatable bonds is 26. The molecule has 468 valence electrons. The molecule has 2 aliphatic rings. The first-order chi connectivity index (χ1) is 41.2. The Morgan fingerprint density at radius 3 is 1.72 bits per heavy atom. The Hall–Kier alpha value is -8.06. The summed E-state index contributed by atoms with van der Waals surface area (Å²) in [5.74, 6) is 0.897. The third-order valence-corrected chi connectivity index (χ3v) is 17.2. The summed E-state index contributed by atoms with van der Waals surface area (Å²) in [7, 11) is -2.95. The zero-order valence-corrected chi connectivity index (χ0v) is 53.6. The minimum absolute atomic E-state index is 0.101. The summed E-state index contributed by atoms with van der Waals surface area (Å²) in [6.45, 7) is 41.0. The van der Waals surface area contributed by atoms with Gasteiger partial charge in [-0.3, -0.25) is 14.4 Å². The highest BCUT2D eigenvalue weighted by Gasteiger charge is 2.36. The molecule has 1 unspecified atom stereocenters. The van der Waals surface area contributed by atoms with Gasteiger partial charge in [0.25, 0.3) is 17.5 Å². The van der Waals surface area contributed by atoms with Crippen molar-refractivity contribution in [2.45, 2.75) is 177 Å². The van der Waals surface area contributed by atoms with Gasteiger partial charge in [0.05, 0.1) is 40.3 Å². The first-order valence-electron chi connectivity index (χ1n) is 30.0. The van der Waals surface area contributed by atoms with E-state index < -0.39 is 44.6 Å². The highest BCUT2D eigenvalue weighted by atomic mass is 32.2. The van der Waals surface area contributed by atoms with Crippen molar-refractivity contribution in [2.24, 2.45) is 0 Å². The summed E-state index contributed by atoms with van der Waals surface area (Å²) in [5, 5.41) is 27.3. The fourth-order valence-electron chi connectivity index (χ4n) is 9.80. The zero-order valence-electron chi connectivity index (χ0n) is 52.8. The topological polar surface area (TPSA) is 236 Å². The van der Waals surface area contributed by atoms with Gasteiger partial charge in [-0.15, -0.1) is 20.4 Å². The number of aromatic nitrogens is 8. The largest absolute Gasteiger partial charge is 0.478 e. The molecule has 0 spiro atoms.